The van der Waals surface area contributed by atoms with Crippen molar-refractivity contribution in [1.82, 2.24) is 0 Å². The molecule has 1 aromatic carbocycles. The lowest BCUT2D eigenvalue weighted by atomic mass is 10.0. The highest BCUT2D eigenvalue weighted by molar-refractivity contribution is 9.10. The number of halogens is 4. The van der Waals surface area contributed by atoms with Gasteiger partial charge in [0.05, 0.1) is 26.9 Å². The molecule has 9 heteroatoms. The molecule has 0 radical (unpaired) electrons. The molecule has 0 saturated carbocycles. The minimum atomic E-state index is -4.85. The van der Waals surface area contributed by atoms with Crippen molar-refractivity contribution in [2.24, 2.45) is 0 Å². The van der Waals surface area contributed by atoms with Crippen LogP contribution in [0, 0.1) is 10.1 Å². The van der Waals surface area contributed by atoms with Crippen molar-refractivity contribution >= 4 is 27.6 Å². The highest BCUT2D eigenvalue weighted by atomic mass is 79.9. The zero-order valence-electron chi connectivity index (χ0n) is 8.49. The van der Waals surface area contributed by atoms with Crippen LogP contribution in [0.25, 0.3) is 0 Å². The molecule has 5 nitrogen and oxygen atoms in total. The number of rotatable bonds is 3. The molecule has 0 aliphatic rings. The fourth-order valence-corrected chi connectivity index (χ4v) is 1.92. The molecule has 0 aliphatic heterocycles. The van der Waals surface area contributed by atoms with E-state index in [2.05, 4.69) is 15.9 Å². The number of benzene rings is 1. The normalized spacial score (nSPS) is 11.3. The van der Waals surface area contributed by atoms with Crippen molar-refractivity contribution < 1.29 is 28.0 Å². The highest BCUT2D eigenvalue weighted by Crippen LogP contribution is 2.39. The summed E-state index contributed by atoms with van der Waals surface area (Å²) in [7, 11) is 0. The Bertz CT molecular complexity index is 515. The van der Waals surface area contributed by atoms with E-state index in [4.69, 9.17) is 5.11 Å². The van der Waals surface area contributed by atoms with Gasteiger partial charge < -0.3 is 5.11 Å². The van der Waals surface area contributed by atoms with E-state index < -0.39 is 40.3 Å². The molecule has 1 rings (SSSR count). The summed E-state index contributed by atoms with van der Waals surface area (Å²) in [5, 5.41) is 19.3. The number of nitro groups is 1. The largest absolute Gasteiger partial charge is 0.481 e. The van der Waals surface area contributed by atoms with Crippen molar-refractivity contribution in [1.29, 1.82) is 0 Å². The summed E-state index contributed by atoms with van der Waals surface area (Å²) in [5.74, 6) is -1.58. The average Bonchev–Trinajstić information content (AvgIpc) is 2.13. The van der Waals surface area contributed by atoms with Gasteiger partial charge >= 0.3 is 12.1 Å². The highest BCUT2D eigenvalue weighted by Gasteiger charge is 2.38. The summed E-state index contributed by atoms with van der Waals surface area (Å²) in [6.45, 7) is 0. The second-order valence-electron chi connectivity index (χ2n) is 3.25. The molecule has 0 aliphatic carbocycles. The van der Waals surface area contributed by atoms with Gasteiger partial charge in [0.1, 0.15) is 0 Å². The molecule has 0 atom stereocenters. The minimum Gasteiger partial charge on any atom is -0.481 e. The maximum absolute atomic E-state index is 12.6. The molecular weight excluding hydrogens is 323 g/mol. The Morgan fingerprint density at radius 2 is 2.00 bits per heavy atom. The summed E-state index contributed by atoms with van der Waals surface area (Å²) < 4.78 is 37.7. The number of carboxylic acids is 1. The number of alkyl halides is 3. The standard InChI is InChI=1S/C9H5BrF3NO4/c10-6-2-1-5(9(11,12)13)4(3-7(15)16)8(6)14(17)18/h1-2H,3H2,(H,15,16). The van der Waals surface area contributed by atoms with Gasteiger partial charge in [-0.05, 0) is 28.1 Å². The number of hydrogen-bond acceptors (Lipinski definition) is 3. The number of hydrogen-bond donors (Lipinski definition) is 1. The predicted molar refractivity (Wildman–Crippen MR) is 57.1 cm³/mol. The Balaban J connectivity index is 3.59. The van der Waals surface area contributed by atoms with E-state index >= 15 is 0 Å². The molecule has 0 heterocycles. The minimum absolute atomic E-state index is 0.197. The lowest BCUT2D eigenvalue weighted by Gasteiger charge is -2.12. The van der Waals surface area contributed by atoms with Crippen LogP contribution in [-0.4, -0.2) is 16.0 Å². The average molecular weight is 328 g/mol. The van der Waals surface area contributed by atoms with Crippen LogP contribution < -0.4 is 0 Å². The maximum atomic E-state index is 12.6. The first-order chi connectivity index (χ1) is 8.14. The second-order valence-corrected chi connectivity index (χ2v) is 4.10. The number of carbonyl (C=O) groups is 1. The van der Waals surface area contributed by atoms with Crippen LogP contribution in [0.2, 0.25) is 0 Å². The molecule has 0 unspecified atom stereocenters. The van der Waals surface area contributed by atoms with Crippen LogP contribution in [0.3, 0.4) is 0 Å². The first-order valence-corrected chi connectivity index (χ1v) is 5.18. The second kappa shape index (κ2) is 4.92. The molecule has 1 aromatic rings. The third-order valence-electron chi connectivity index (χ3n) is 2.05. The van der Waals surface area contributed by atoms with Crippen LogP contribution in [0.5, 0.6) is 0 Å². The monoisotopic (exact) mass is 327 g/mol. The van der Waals surface area contributed by atoms with E-state index in [1.165, 1.54) is 0 Å². The van der Waals surface area contributed by atoms with Crippen molar-refractivity contribution in [3.8, 4) is 0 Å². The molecule has 0 bridgehead atoms. The van der Waals surface area contributed by atoms with E-state index in [1.54, 1.807) is 0 Å². The fourth-order valence-electron chi connectivity index (χ4n) is 1.40. The number of carboxylic acid groups (broad SMARTS) is 1. The van der Waals surface area contributed by atoms with Gasteiger partial charge in [0.15, 0.2) is 0 Å². The van der Waals surface area contributed by atoms with Gasteiger partial charge in [0, 0.05) is 0 Å². The van der Waals surface area contributed by atoms with Gasteiger partial charge in [0.25, 0.3) is 5.69 Å². The van der Waals surface area contributed by atoms with Crippen molar-refractivity contribution in [3.63, 3.8) is 0 Å². The predicted octanol–water partition coefficient (Wildman–Crippen LogP) is 3.00. The van der Waals surface area contributed by atoms with Crippen LogP contribution in [0.15, 0.2) is 16.6 Å². The third kappa shape index (κ3) is 2.97. The SMILES string of the molecule is O=C(O)Cc1c(C(F)(F)F)ccc(Br)c1[N+](=O)[O-]. The molecular formula is C9H5BrF3NO4. The Kier molecular flexibility index (Phi) is 3.95. The van der Waals surface area contributed by atoms with Crippen LogP contribution in [0.1, 0.15) is 11.1 Å². The van der Waals surface area contributed by atoms with Crippen molar-refractivity contribution in [2.45, 2.75) is 12.6 Å². The lowest BCUT2D eigenvalue weighted by molar-refractivity contribution is -0.386. The Morgan fingerprint density at radius 3 is 2.39 bits per heavy atom. The van der Waals surface area contributed by atoms with Crippen LogP contribution >= 0.6 is 15.9 Å². The van der Waals surface area contributed by atoms with Crippen molar-refractivity contribution in [2.75, 3.05) is 0 Å². The number of aliphatic carboxylic acids is 1. The van der Waals surface area contributed by atoms with Gasteiger partial charge in [-0.15, -0.1) is 0 Å². The Hall–Kier alpha value is -1.64. The van der Waals surface area contributed by atoms with Gasteiger partial charge in [-0.1, -0.05) is 0 Å². The van der Waals surface area contributed by atoms with E-state index in [0.29, 0.717) is 6.07 Å². The van der Waals surface area contributed by atoms with Crippen LogP contribution in [0.4, 0.5) is 18.9 Å². The first-order valence-electron chi connectivity index (χ1n) is 4.39. The molecule has 0 saturated heterocycles. The number of nitrogens with zero attached hydrogens (tertiary/aromatic N) is 1. The Morgan fingerprint density at radius 1 is 1.44 bits per heavy atom. The van der Waals surface area contributed by atoms with E-state index in [-0.39, 0.29) is 4.47 Å². The van der Waals surface area contributed by atoms with Gasteiger partial charge in [-0.3, -0.25) is 14.9 Å². The first kappa shape index (κ1) is 14.4. The van der Waals surface area contributed by atoms with Crippen LogP contribution in [-0.2, 0) is 17.4 Å². The maximum Gasteiger partial charge on any atom is 0.416 e. The topological polar surface area (TPSA) is 80.4 Å². The molecule has 1 N–H and O–H groups in total. The van der Waals surface area contributed by atoms with Crippen molar-refractivity contribution in [3.05, 3.63) is 37.8 Å². The van der Waals surface area contributed by atoms with Gasteiger partial charge in [-0.25, -0.2) is 0 Å². The third-order valence-corrected chi connectivity index (χ3v) is 2.69. The molecule has 18 heavy (non-hydrogen) atoms. The van der Waals surface area contributed by atoms with Gasteiger partial charge in [-0.2, -0.15) is 13.2 Å². The number of nitro benzene ring substituents is 1. The van der Waals surface area contributed by atoms with Gasteiger partial charge in [0.2, 0.25) is 0 Å². The smallest absolute Gasteiger partial charge is 0.416 e. The lowest BCUT2D eigenvalue weighted by Crippen LogP contribution is -2.14. The van der Waals surface area contributed by atoms with E-state index in [1.807, 2.05) is 0 Å². The molecule has 0 aromatic heterocycles. The summed E-state index contributed by atoms with van der Waals surface area (Å²) in [5.41, 5.74) is -3.07. The Labute approximate surface area is 106 Å². The summed E-state index contributed by atoms with van der Waals surface area (Å²) >= 11 is 2.74. The summed E-state index contributed by atoms with van der Waals surface area (Å²) in [6.07, 6.45) is -5.93. The van der Waals surface area contributed by atoms with E-state index in [0.717, 1.165) is 6.07 Å². The summed E-state index contributed by atoms with van der Waals surface area (Å²) in [6, 6.07) is 1.47. The quantitative estimate of drug-likeness (QED) is 0.683. The molecule has 0 amide bonds. The fraction of sp³-hybridized carbons (Fsp3) is 0.222. The zero-order chi connectivity index (χ0) is 14.1. The molecule has 98 valence electrons. The molecule has 0 spiro atoms. The zero-order valence-corrected chi connectivity index (χ0v) is 10.1. The molecule has 0 fully saturated rings. The van der Waals surface area contributed by atoms with E-state index in [9.17, 15) is 28.1 Å². The summed E-state index contributed by atoms with van der Waals surface area (Å²) in [4.78, 5) is 20.2.